The lowest BCUT2D eigenvalue weighted by Crippen LogP contribution is -2.39. The number of hydrogen-bond donors (Lipinski definition) is 0. The summed E-state index contributed by atoms with van der Waals surface area (Å²) in [5.41, 5.74) is 6.57. The quantitative estimate of drug-likeness (QED) is 0.333. The topological polar surface area (TPSA) is 29.5 Å². The Labute approximate surface area is 195 Å². The van der Waals surface area contributed by atoms with Crippen molar-refractivity contribution in [1.82, 2.24) is 4.90 Å². The van der Waals surface area contributed by atoms with Crippen LogP contribution in [0.15, 0.2) is 84.9 Å². The van der Waals surface area contributed by atoms with E-state index in [0.717, 1.165) is 23.6 Å². The van der Waals surface area contributed by atoms with Crippen LogP contribution in [0.5, 0.6) is 5.75 Å². The number of amides is 1. The average molecular weight is 436 g/mol. The molecule has 1 saturated heterocycles. The first-order valence-corrected chi connectivity index (χ1v) is 11.7. The summed E-state index contributed by atoms with van der Waals surface area (Å²) in [6.07, 6.45) is 1.65. The summed E-state index contributed by atoms with van der Waals surface area (Å²) in [7, 11) is 0. The lowest BCUT2D eigenvalue weighted by molar-refractivity contribution is 0.139. The minimum Gasteiger partial charge on any atom is -0.410 e. The number of carbonyl (C=O) groups excluding carboxylic acids is 1. The number of carbonyl (C=O) groups is 1. The molecule has 3 nitrogen and oxygen atoms in total. The molecular weight excluding hydrogens is 406 g/mol. The summed E-state index contributed by atoms with van der Waals surface area (Å²) in [6, 6.07) is 29.3. The Morgan fingerprint density at radius 3 is 2.30 bits per heavy atom. The van der Waals surface area contributed by atoms with E-state index in [1.165, 1.54) is 27.8 Å². The highest BCUT2D eigenvalue weighted by atomic mass is 16.6. The van der Waals surface area contributed by atoms with Gasteiger partial charge in [0.25, 0.3) is 0 Å². The molecule has 5 rings (SSSR count). The smallest absolute Gasteiger partial charge is 0.410 e. The number of rotatable bonds is 3. The van der Waals surface area contributed by atoms with Crippen molar-refractivity contribution < 1.29 is 9.53 Å². The Kier molecular flexibility index (Phi) is 5.87. The molecule has 1 amide bonds. The molecule has 166 valence electrons. The second-order valence-corrected chi connectivity index (χ2v) is 8.98. The first-order valence-electron chi connectivity index (χ1n) is 11.7. The van der Waals surface area contributed by atoms with Crippen LogP contribution in [0.4, 0.5) is 4.79 Å². The highest BCUT2D eigenvalue weighted by molar-refractivity contribution is 5.90. The summed E-state index contributed by atoms with van der Waals surface area (Å²) in [4.78, 5) is 14.7. The van der Waals surface area contributed by atoms with Crippen LogP contribution < -0.4 is 4.74 Å². The van der Waals surface area contributed by atoms with E-state index >= 15 is 0 Å². The number of hydrogen-bond acceptors (Lipinski definition) is 2. The van der Waals surface area contributed by atoms with Crippen molar-refractivity contribution in [2.45, 2.75) is 32.6 Å². The van der Waals surface area contributed by atoms with E-state index in [2.05, 4.69) is 56.3 Å². The number of likely N-dealkylation sites (tertiary alicyclic amines) is 1. The summed E-state index contributed by atoms with van der Waals surface area (Å²) >= 11 is 0. The third-order valence-electron chi connectivity index (χ3n) is 7.00. The van der Waals surface area contributed by atoms with E-state index in [-0.39, 0.29) is 6.09 Å². The van der Waals surface area contributed by atoms with Gasteiger partial charge in [0.1, 0.15) is 5.75 Å². The molecule has 4 aromatic carbocycles. The Morgan fingerprint density at radius 1 is 0.818 bits per heavy atom. The van der Waals surface area contributed by atoms with Crippen LogP contribution in [-0.4, -0.2) is 24.1 Å². The molecule has 33 heavy (non-hydrogen) atoms. The van der Waals surface area contributed by atoms with Crippen LogP contribution in [0.3, 0.4) is 0 Å². The van der Waals surface area contributed by atoms with Crippen LogP contribution in [0, 0.1) is 13.8 Å². The van der Waals surface area contributed by atoms with Crippen molar-refractivity contribution in [1.29, 1.82) is 0 Å². The highest BCUT2D eigenvalue weighted by Gasteiger charge is 2.25. The molecular formula is C30H29NO2. The molecule has 0 bridgehead atoms. The predicted molar refractivity (Wildman–Crippen MR) is 135 cm³/mol. The molecule has 1 heterocycles. The zero-order valence-electron chi connectivity index (χ0n) is 19.3. The Bertz CT molecular complexity index is 1280. The molecule has 0 saturated carbocycles. The molecule has 0 radical (unpaired) electrons. The van der Waals surface area contributed by atoms with Gasteiger partial charge in [0.05, 0.1) is 0 Å². The zero-order chi connectivity index (χ0) is 22.8. The van der Waals surface area contributed by atoms with Crippen molar-refractivity contribution >= 4 is 16.9 Å². The fraction of sp³-hybridized carbons (Fsp3) is 0.233. The van der Waals surface area contributed by atoms with Gasteiger partial charge in [-0.3, -0.25) is 0 Å². The Morgan fingerprint density at radius 2 is 1.52 bits per heavy atom. The van der Waals surface area contributed by atoms with Gasteiger partial charge in [-0.1, -0.05) is 78.9 Å². The summed E-state index contributed by atoms with van der Waals surface area (Å²) in [5, 5.41) is 2.04. The Hall–Kier alpha value is -3.59. The predicted octanol–water partition coefficient (Wildman–Crippen LogP) is 7.50. The lowest BCUT2D eigenvalue weighted by atomic mass is 9.88. The maximum Gasteiger partial charge on any atom is 0.415 e. The molecule has 3 heteroatoms. The number of benzene rings is 4. The fourth-order valence-electron chi connectivity index (χ4n) is 4.84. The molecule has 1 aliphatic heterocycles. The van der Waals surface area contributed by atoms with Crippen molar-refractivity contribution in [2.24, 2.45) is 0 Å². The van der Waals surface area contributed by atoms with Crippen molar-refractivity contribution in [3.63, 3.8) is 0 Å². The molecule has 0 unspecified atom stereocenters. The average Bonchev–Trinajstić information content (AvgIpc) is 2.86. The molecule has 0 N–H and O–H groups in total. The van der Waals surface area contributed by atoms with Gasteiger partial charge >= 0.3 is 6.09 Å². The van der Waals surface area contributed by atoms with Gasteiger partial charge in [0.2, 0.25) is 0 Å². The molecule has 0 spiro atoms. The van der Waals surface area contributed by atoms with Gasteiger partial charge in [-0.05, 0) is 71.9 Å². The molecule has 0 atom stereocenters. The fourth-order valence-corrected chi connectivity index (χ4v) is 4.84. The number of aryl methyl sites for hydroxylation is 1. The summed E-state index contributed by atoms with van der Waals surface area (Å²) in [6.45, 7) is 5.78. The highest BCUT2D eigenvalue weighted by Crippen LogP contribution is 2.32. The number of nitrogens with zero attached hydrogens (tertiary/aromatic N) is 1. The third-order valence-corrected chi connectivity index (χ3v) is 7.00. The van der Waals surface area contributed by atoms with Crippen LogP contribution in [0.25, 0.3) is 21.9 Å². The van der Waals surface area contributed by atoms with Crippen molar-refractivity contribution in [3.8, 4) is 16.9 Å². The van der Waals surface area contributed by atoms with Gasteiger partial charge in [-0.25, -0.2) is 4.79 Å². The summed E-state index contributed by atoms with van der Waals surface area (Å²) < 4.78 is 5.78. The van der Waals surface area contributed by atoms with Gasteiger partial charge < -0.3 is 9.64 Å². The summed E-state index contributed by atoms with van der Waals surface area (Å²) in [5.74, 6) is 1.10. The van der Waals surface area contributed by atoms with Crippen molar-refractivity contribution in [2.75, 3.05) is 13.1 Å². The van der Waals surface area contributed by atoms with E-state index in [1.807, 2.05) is 47.4 Å². The van der Waals surface area contributed by atoms with Gasteiger partial charge in [-0.2, -0.15) is 0 Å². The minimum atomic E-state index is -0.255. The first kappa shape index (κ1) is 21.3. The van der Waals surface area contributed by atoms with Crippen LogP contribution in [0.1, 0.15) is 35.4 Å². The second-order valence-electron chi connectivity index (χ2n) is 8.98. The van der Waals surface area contributed by atoms with E-state index in [4.69, 9.17) is 4.74 Å². The number of piperidine rings is 1. The van der Waals surface area contributed by atoms with E-state index in [9.17, 15) is 4.79 Å². The SMILES string of the molecule is Cc1cccc(-c2ccc(C3CCN(C(=O)Oc4cccc5ccccc45)CC3)cc2)c1C. The standard InChI is InChI=1S/C30H29NO2/c1-21-7-5-11-27(22(21)2)26-15-13-23(14-16-26)24-17-19-31(20-18-24)30(32)33-29-12-6-9-25-8-3-4-10-28(25)29/h3-16,24H,17-20H2,1-2H3. The minimum absolute atomic E-state index is 0.255. The maximum absolute atomic E-state index is 12.8. The Balaban J connectivity index is 1.23. The molecule has 0 aromatic heterocycles. The number of fused-ring (bicyclic) bond motifs is 1. The molecule has 1 aliphatic rings. The first-order chi connectivity index (χ1) is 16.1. The normalized spacial score (nSPS) is 14.4. The van der Waals surface area contributed by atoms with Crippen LogP contribution in [0.2, 0.25) is 0 Å². The molecule has 1 fully saturated rings. The van der Waals surface area contributed by atoms with Gasteiger partial charge in [-0.15, -0.1) is 0 Å². The third kappa shape index (κ3) is 4.36. The van der Waals surface area contributed by atoms with E-state index in [0.29, 0.717) is 24.8 Å². The van der Waals surface area contributed by atoms with Gasteiger partial charge in [0, 0.05) is 18.5 Å². The largest absolute Gasteiger partial charge is 0.415 e. The zero-order valence-corrected chi connectivity index (χ0v) is 19.3. The van der Waals surface area contributed by atoms with Crippen LogP contribution in [-0.2, 0) is 0 Å². The monoisotopic (exact) mass is 435 g/mol. The maximum atomic E-state index is 12.8. The van der Waals surface area contributed by atoms with Crippen molar-refractivity contribution in [3.05, 3.63) is 102 Å². The van der Waals surface area contributed by atoms with E-state index in [1.54, 1.807) is 0 Å². The number of ether oxygens (including phenoxy) is 1. The second kappa shape index (κ2) is 9.11. The molecule has 4 aromatic rings. The van der Waals surface area contributed by atoms with E-state index < -0.39 is 0 Å². The molecule has 0 aliphatic carbocycles. The lowest BCUT2D eigenvalue weighted by Gasteiger charge is -2.31. The van der Waals surface area contributed by atoms with Crippen LogP contribution >= 0.6 is 0 Å². The van der Waals surface area contributed by atoms with Gasteiger partial charge in [0.15, 0.2) is 0 Å².